The predicted molar refractivity (Wildman–Crippen MR) is 57.2 cm³/mol. The summed E-state index contributed by atoms with van der Waals surface area (Å²) in [6.07, 6.45) is 12.0. The molecule has 0 heterocycles. The maximum Gasteiger partial charge on any atom is -0.00788 e. The highest BCUT2D eigenvalue weighted by Gasteiger charge is 1.89. The Hall–Kier alpha value is -0.780. The van der Waals surface area contributed by atoms with Crippen LogP contribution < -0.4 is 0 Å². The van der Waals surface area contributed by atoms with Gasteiger partial charge in [-0.2, -0.15) is 0 Å². The third-order valence-electron chi connectivity index (χ3n) is 1.89. The Balaban J connectivity index is 4.04. The molecular formula is C12H20. The Morgan fingerprint density at radius 2 is 1.92 bits per heavy atom. The fraction of sp³-hybridized carbons (Fsp3) is 0.500. The lowest BCUT2D eigenvalue weighted by Crippen LogP contribution is -1.82. The summed E-state index contributed by atoms with van der Waals surface area (Å²) in [5.41, 5.74) is 1.41. The molecule has 0 amide bonds. The number of hydrogen-bond acceptors (Lipinski definition) is 0. The van der Waals surface area contributed by atoms with Gasteiger partial charge in [-0.15, -0.1) is 0 Å². The summed E-state index contributed by atoms with van der Waals surface area (Å²) >= 11 is 0. The Bertz CT molecular complexity index is 182. The van der Waals surface area contributed by atoms with Crippen LogP contribution >= 0.6 is 0 Å². The van der Waals surface area contributed by atoms with E-state index in [0.29, 0.717) is 5.92 Å². The smallest absolute Gasteiger partial charge is 0.00788 e. The van der Waals surface area contributed by atoms with Gasteiger partial charge < -0.3 is 0 Å². The van der Waals surface area contributed by atoms with Crippen LogP contribution in [0, 0.1) is 5.92 Å². The largest absolute Gasteiger partial charge is 0.0911 e. The van der Waals surface area contributed by atoms with Crippen LogP contribution in [0.4, 0.5) is 0 Å². The Kier molecular flexibility index (Phi) is 6.45. The standard InChI is InChI=1S/C12H20/c1-5-8-11(4)9-10-12(6-2)7-3/h5-6,8-11H,7H2,1-4H3/b8-5-,10-9-,12-6-. The van der Waals surface area contributed by atoms with Gasteiger partial charge in [0.1, 0.15) is 0 Å². The molecule has 1 unspecified atom stereocenters. The highest BCUT2D eigenvalue weighted by Crippen LogP contribution is 2.06. The van der Waals surface area contributed by atoms with E-state index in [-0.39, 0.29) is 0 Å². The van der Waals surface area contributed by atoms with Crippen LogP contribution in [0.5, 0.6) is 0 Å². The predicted octanol–water partition coefficient (Wildman–Crippen LogP) is 4.11. The zero-order valence-electron chi connectivity index (χ0n) is 8.67. The van der Waals surface area contributed by atoms with Crippen molar-refractivity contribution in [2.45, 2.75) is 34.1 Å². The van der Waals surface area contributed by atoms with E-state index in [1.807, 2.05) is 0 Å². The van der Waals surface area contributed by atoms with E-state index in [1.54, 1.807) is 0 Å². The molecule has 0 aromatic heterocycles. The van der Waals surface area contributed by atoms with Crippen LogP contribution in [-0.2, 0) is 0 Å². The molecule has 0 aromatic carbocycles. The normalized spacial score (nSPS) is 16.2. The van der Waals surface area contributed by atoms with Gasteiger partial charge in [-0.25, -0.2) is 0 Å². The van der Waals surface area contributed by atoms with Gasteiger partial charge in [-0.3, -0.25) is 0 Å². The molecule has 0 nitrogen and oxygen atoms in total. The molecular weight excluding hydrogens is 144 g/mol. The molecule has 0 fully saturated rings. The van der Waals surface area contributed by atoms with Gasteiger partial charge in [-0.1, -0.05) is 49.8 Å². The van der Waals surface area contributed by atoms with Crippen molar-refractivity contribution in [1.29, 1.82) is 0 Å². The second kappa shape index (κ2) is 6.90. The summed E-state index contributed by atoms with van der Waals surface area (Å²) in [6, 6.07) is 0. The molecule has 12 heavy (non-hydrogen) atoms. The third kappa shape index (κ3) is 4.95. The molecule has 0 heteroatoms. The number of rotatable bonds is 4. The first-order valence-corrected chi connectivity index (χ1v) is 4.70. The van der Waals surface area contributed by atoms with Gasteiger partial charge in [0.25, 0.3) is 0 Å². The molecule has 1 atom stereocenters. The van der Waals surface area contributed by atoms with E-state index in [1.165, 1.54) is 5.57 Å². The molecule has 0 N–H and O–H groups in total. The summed E-state index contributed by atoms with van der Waals surface area (Å²) < 4.78 is 0. The fourth-order valence-corrected chi connectivity index (χ4v) is 1.06. The lowest BCUT2D eigenvalue weighted by molar-refractivity contribution is 0.933. The summed E-state index contributed by atoms with van der Waals surface area (Å²) in [5, 5.41) is 0. The molecule has 0 aliphatic carbocycles. The van der Waals surface area contributed by atoms with Crippen molar-refractivity contribution in [3.8, 4) is 0 Å². The fourth-order valence-electron chi connectivity index (χ4n) is 1.06. The third-order valence-corrected chi connectivity index (χ3v) is 1.89. The van der Waals surface area contributed by atoms with E-state index in [4.69, 9.17) is 0 Å². The first-order chi connectivity index (χ1) is 5.74. The van der Waals surface area contributed by atoms with Crippen molar-refractivity contribution >= 4 is 0 Å². The van der Waals surface area contributed by atoms with Gasteiger partial charge in [0.15, 0.2) is 0 Å². The average molecular weight is 164 g/mol. The van der Waals surface area contributed by atoms with Crippen molar-refractivity contribution in [1.82, 2.24) is 0 Å². The molecule has 0 saturated carbocycles. The Morgan fingerprint density at radius 1 is 1.25 bits per heavy atom. The molecule has 0 aromatic rings. The first-order valence-electron chi connectivity index (χ1n) is 4.70. The molecule has 0 saturated heterocycles. The van der Waals surface area contributed by atoms with Crippen LogP contribution in [0.3, 0.4) is 0 Å². The maximum absolute atomic E-state index is 2.23. The zero-order chi connectivity index (χ0) is 9.40. The van der Waals surface area contributed by atoms with Crippen molar-refractivity contribution in [3.63, 3.8) is 0 Å². The number of hydrogen-bond donors (Lipinski definition) is 0. The van der Waals surface area contributed by atoms with E-state index >= 15 is 0 Å². The molecule has 0 bridgehead atoms. The van der Waals surface area contributed by atoms with E-state index < -0.39 is 0 Å². The second-order valence-electron chi connectivity index (χ2n) is 2.96. The molecule has 0 aliphatic heterocycles. The molecule has 0 spiro atoms. The highest BCUT2D eigenvalue weighted by molar-refractivity contribution is 5.18. The highest BCUT2D eigenvalue weighted by atomic mass is 13.9. The molecule has 68 valence electrons. The van der Waals surface area contributed by atoms with Gasteiger partial charge in [0.2, 0.25) is 0 Å². The minimum absolute atomic E-state index is 0.552. The van der Waals surface area contributed by atoms with Crippen LogP contribution in [0.25, 0.3) is 0 Å². The molecule has 0 rings (SSSR count). The average Bonchev–Trinajstić information content (AvgIpc) is 2.07. The SMILES string of the molecule is C/C=C\C(C)/C=C\C(=C/C)CC. The Morgan fingerprint density at radius 3 is 2.33 bits per heavy atom. The second-order valence-corrected chi connectivity index (χ2v) is 2.96. The summed E-state index contributed by atoms with van der Waals surface area (Å²) in [4.78, 5) is 0. The van der Waals surface area contributed by atoms with Crippen LogP contribution in [0.2, 0.25) is 0 Å². The Labute approximate surface area is 76.7 Å². The van der Waals surface area contributed by atoms with Crippen molar-refractivity contribution in [3.05, 3.63) is 36.0 Å². The van der Waals surface area contributed by atoms with Gasteiger partial charge in [-0.05, 0) is 26.2 Å². The summed E-state index contributed by atoms with van der Waals surface area (Å²) in [5.74, 6) is 0.552. The van der Waals surface area contributed by atoms with Gasteiger partial charge >= 0.3 is 0 Å². The lowest BCUT2D eigenvalue weighted by Gasteiger charge is -1.98. The van der Waals surface area contributed by atoms with Gasteiger partial charge in [0.05, 0.1) is 0 Å². The van der Waals surface area contributed by atoms with Crippen LogP contribution in [0.1, 0.15) is 34.1 Å². The quantitative estimate of drug-likeness (QED) is 0.433. The van der Waals surface area contributed by atoms with Crippen molar-refractivity contribution < 1.29 is 0 Å². The summed E-state index contributed by atoms with van der Waals surface area (Å²) in [7, 11) is 0. The first kappa shape index (κ1) is 11.2. The lowest BCUT2D eigenvalue weighted by atomic mass is 10.1. The van der Waals surface area contributed by atoms with Gasteiger partial charge in [0, 0.05) is 0 Å². The minimum Gasteiger partial charge on any atom is -0.0911 e. The van der Waals surface area contributed by atoms with Crippen LogP contribution in [-0.4, -0.2) is 0 Å². The van der Waals surface area contributed by atoms with E-state index in [9.17, 15) is 0 Å². The van der Waals surface area contributed by atoms with Crippen molar-refractivity contribution in [2.75, 3.05) is 0 Å². The zero-order valence-corrected chi connectivity index (χ0v) is 8.67. The van der Waals surface area contributed by atoms with E-state index in [0.717, 1.165) is 6.42 Å². The summed E-state index contributed by atoms with van der Waals surface area (Å²) in [6.45, 7) is 8.52. The van der Waals surface area contributed by atoms with Crippen molar-refractivity contribution in [2.24, 2.45) is 5.92 Å². The maximum atomic E-state index is 2.23. The van der Waals surface area contributed by atoms with E-state index in [2.05, 4.69) is 58.1 Å². The van der Waals surface area contributed by atoms with Crippen LogP contribution in [0.15, 0.2) is 36.0 Å². The number of allylic oxidation sites excluding steroid dienone is 6. The monoisotopic (exact) mass is 164 g/mol. The molecule has 0 radical (unpaired) electrons. The minimum atomic E-state index is 0.552. The molecule has 0 aliphatic rings. The topological polar surface area (TPSA) is 0 Å².